The molecule has 0 spiro atoms. The van der Waals surface area contributed by atoms with Gasteiger partial charge in [-0.05, 0) is 30.7 Å². The molecule has 32 heavy (non-hydrogen) atoms. The molecule has 0 aliphatic rings. The van der Waals surface area contributed by atoms with Crippen LogP contribution in [-0.2, 0) is 11.3 Å². The summed E-state index contributed by atoms with van der Waals surface area (Å²) >= 11 is 0. The average Bonchev–Trinajstić information content (AvgIpc) is 2.81. The topological polar surface area (TPSA) is 103 Å². The molecular formula is C24H21N3O5. The van der Waals surface area contributed by atoms with Crippen molar-refractivity contribution in [1.29, 1.82) is 0 Å². The maximum atomic E-state index is 12.8. The molecule has 0 amide bonds. The van der Waals surface area contributed by atoms with Crippen LogP contribution in [0.1, 0.15) is 22.8 Å². The number of hydrogen-bond donors (Lipinski definition) is 1. The van der Waals surface area contributed by atoms with Crippen molar-refractivity contribution < 1.29 is 14.3 Å². The Morgan fingerprint density at radius 2 is 1.84 bits per heavy atom. The summed E-state index contributed by atoms with van der Waals surface area (Å²) in [5.74, 6) is -0.0610. The van der Waals surface area contributed by atoms with Crippen molar-refractivity contribution in [3.05, 3.63) is 92.6 Å². The molecule has 0 aliphatic heterocycles. The lowest BCUT2D eigenvalue weighted by Gasteiger charge is -2.13. The van der Waals surface area contributed by atoms with Crippen molar-refractivity contribution >= 4 is 17.0 Å². The van der Waals surface area contributed by atoms with Gasteiger partial charge >= 0.3 is 11.7 Å². The van der Waals surface area contributed by atoms with Gasteiger partial charge in [0.2, 0.25) is 0 Å². The summed E-state index contributed by atoms with van der Waals surface area (Å²) in [5.41, 5.74) is 0.749. The van der Waals surface area contributed by atoms with Crippen LogP contribution in [0.15, 0.2) is 70.3 Å². The maximum absolute atomic E-state index is 12.8. The first kappa shape index (κ1) is 21.0. The molecular weight excluding hydrogens is 410 g/mol. The highest BCUT2D eigenvalue weighted by Gasteiger charge is 2.21. The fourth-order valence-corrected chi connectivity index (χ4v) is 3.49. The normalized spacial score (nSPS) is 10.8. The van der Waals surface area contributed by atoms with Gasteiger partial charge in [0.25, 0.3) is 5.56 Å². The van der Waals surface area contributed by atoms with E-state index in [1.54, 1.807) is 38.3 Å². The Morgan fingerprint density at radius 1 is 1.06 bits per heavy atom. The number of benzene rings is 2. The molecule has 0 aliphatic carbocycles. The minimum absolute atomic E-state index is 0.00521. The summed E-state index contributed by atoms with van der Waals surface area (Å²) < 4.78 is 11.8. The second-order valence-electron chi connectivity index (χ2n) is 7.04. The third-order valence-corrected chi connectivity index (χ3v) is 4.99. The van der Waals surface area contributed by atoms with Crippen molar-refractivity contribution in [3.63, 3.8) is 0 Å². The van der Waals surface area contributed by atoms with E-state index in [9.17, 15) is 14.4 Å². The Bertz CT molecular complexity index is 1410. The fraction of sp³-hybridized carbons (Fsp3) is 0.167. The molecule has 0 saturated heterocycles. The Labute approximate surface area is 183 Å². The Balaban J connectivity index is 2.04. The number of ether oxygens (including phenoxy) is 2. The zero-order valence-electron chi connectivity index (χ0n) is 17.6. The van der Waals surface area contributed by atoms with Crippen LogP contribution < -0.4 is 16.0 Å². The van der Waals surface area contributed by atoms with Gasteiger partial charge in [-0.3, -0.25) is 14.3 Å². The number of carbonyl (C=O) groups excluding carboxylic acids is 1. The van der Waals surface area contributed by atoms with E-state index in [1.165, 1.54) is 10.6 Å². The van der Waals surface area contributed by atoms with Gasteiger partial charge in [0.15, 0.2) is 5.65 Å². The summed E-state index contributed by atoms with van der Waals surface area (Å²) in [4.78, 5) is 45.2. The van der Waals surface area contributed by atoms with Gasteiger partial charge in [-0.15, -0.1) is 0 Å². The standard InChI is InChI=1S/C24H21N3O5/c1-3-32-23(29)18-13-19(16-10-7-11-17(12-16)31-2)25-21-20(18)22(28)26-24(30)27(21)14-15-8-5-4-6-9-15/h4-13H,3,14H2,1-2H3,(H,26,28,30). The summed E-state index contributed by atoms with van der Waals surface area (Å²) in [6.45, 7) is 1.99. The van der Waals surface area contributed by atoms with Crippen molar-refractivity contribution in [2.24, 2.45) is 0 Å². The Morgan fingerprint density at radius 3 is 2.56 bits per heavy atom. The number of H-pyrrole nitrogens is 1. The first-order valence-corrected chi connectivity index (χ1v) is 10.0. The van der Waals surface area contributed by atoms with E-state index in [4.69, 9.17) is 9.47 Å². The number of aromatic nitrogens is 3. The molecule has 0 saturated carbocycles. The summed E-state index contributed by atoms with van der Waals surface area (Å²) in [7, 11) is 1.55. The molecule has 2 heterocycles. The fourth-order valence-electron chi connectivity index (χ4n) is 3.49. The van der Waals surface area contributed by atoms with Gasteiger partial charge < -0.3 is 9.47 Å². The average molecular weight is 431 g/mol. The van der Waals surface area contributed by atoms with Crippen LogP contribution >= 0.6 is 0 Å². The molecule has 0 unspecified atom stereocenters. The van der Waals surface area contributed by atoms with E-state index in [0.717, 1.165) is 5.56 Å². The number of pyridine rings is 1. The highest BCUT2D eigenvalue weighted by molar-refractivity contribution is 6.03. The number of carbonyl (C=O) groups is 1. The molecule has 8 heteroatoms. The SMILES string of the molecule is CCOC(=O)c1cc(-c2cccc(OC)c2)nc2c1c(=O)[nH]c(=O)n2Cc1ccccc1. The molecule has 0 atom stereocenters. The monoisotopic (exact) mass is 431 g/mol. The van der Waals surface area contributed by atoms with Crippen molar-refractivity contribution in [1.82, 2.24) is 14.5 Å². The van der Waals surface area contributed by atoms with Crippen LogP contribution in [0.2, 0.25) is 0 Å². The molecule has 8 nitrogen and oxygen atoms in total. The van der Waals surface area contributed by atoms with Gasteiger partial charge in [-0.1, -0.05) is 42.5 Å². The van der Waals surface area contributed by atoms with E-state index in [2.05, 4.69) is 9.97 Å². The third-order valence-electron chi connectivity index (χ3n) is 4.99. The van der Waals surface area contributed by atoms with Crippen molar-refractivity contribution in [2.45, 2.75) is 13.5 Å². The van der Waals surface area contributed by atoms with E-state index < -0.39 is 17.2 Å². The smallest absolute Gasteiger partial charge is 0.339 e. The van der Waals surface area contributed by atoms with Crippen LogP contribution in [0, 0.1) is 0 Å². The van der Waals surface area contributed by atoms with Gasteiger partial charge in [0.1, 0.15) is 5.75 Å². The van der Waals surface area contributed by atoms with Crippen LogP contribution in [0.25, 0.3) is 22.3 Å². The molecule has 1 N–H and O–H groups in total. The minimum Gasteiger partial charge on any atom is -0.497 e. The van der Waals surface area contributed by atoms with E-state index in [-0.39, 0.29) is 29.7 Å². The summed E-state index contributed by atoms with van der Waals surface area (Å²) in [5, 5.41) is 0.00521. The number of nitrogens with one attached hydrogen (secondary N) is 1. The second kappa shape index (κ2) is 8.89. The zero-order chi connectivity index (χ0) is 22.7. The number of aromatic amines is 1. The zero-order valence-corrected chi connectivity index (χ0v) is 17.6. The van der Waals surface area contributed by atoms with Crippen LogP contribution in [0.3, 0.4) is 0 Å². The molecule has 0 radical (unpaired) electrons. The lowest BCUT2D eigenvalue weighted by molar-refractivity contribution is 0.0528. The van der Waals surface area contributed by atoms with Gasteiger partial charge in [-0.2, -0.15) is 0 Å². The lowest BCUT2D eigenvalue weighted by atomic mass is 10.1. The molecule has 4 rings (SSSR count). The second-order valence-corrected chi connectivity index (χ2v) is 7.04. The number of fused-ring (bicyclic) bond motifs is 1. The Hall–Kier alpha value is -4.20. The molecule has 2 aromatic carbocycles. The largest absolute Gasteiger partial charge is 0.497 e. The van der Waals surface area contributed by atoms with Crippen molar-refractivity contribution in [3.8, 4) is 17.0 Å². The van der Waals surface area contributed by atoms with Crippen LogP contribution in [-0.4, -0.2) is 34.2 Å². The van der Waals surface area contributed by atoms with Gasteiger partial charge in [0.05, 0.1) is 36.9 Å². The number of esters is 1. The van der Waals surface area contributed by atoms with E-state index in [1.807, 2.05) is 30.3 Å². The lowest BCUT2D eigenvalue weighted by Crippen LogP contribution is -2.32. The van der Waals surface area contributed by atoms with E-state index >= 15 is 0 Å². The minimum atomic E-state index is -0.693. The van der Waals surface area contributed by atoms with Crippen LogP contribution in [0.4, 0.5) is 0 Å². The summed E-state index contributed by atoms with van der Waals surface area (Å²) in [6, 6.07) is 17.9. The molecule has 0 fully saturated rings. The number of methoxy groups -OCH3 is 1. The predicted octanol–water partition coefficient (Wildman–Crippen LogP) is 2.99. The first-order chi connectivity index (χ1) is 15.5. The van der Waals surface area contributed by atoms with Crippen molar-refractivity contribution in [2.75, 3.05) is 13.7 Å². The Kier molecular flexibility index (Phi) is 5.85. The quantitative estimate of drug-likeness (QED) is 0.471. The predicted molar refractivity (Wildman–Crippen MR) is 120 cm³/mol. The van der Waals surface area contributed by atoms with Gasteiger partial charge in [0, 0.05) is 5.56 Å². The number of hydrogen-bond acceptors (Lipinski definition) is 6. The van der Waals surface area contributed by atoms with E-state index in [0.29, 0.717) is 17.0 Å². The third kappa shape index (κ3) is 4.02. The molecule has 0 bridgehead atoms. The van der Waals surface area contributed by atoms with Gasteiger partial charge in [-0.25, -0.2) is 14.6 Å². The number of nitrogens with zero attached hydrogens (tertiary/aromatic N) is 2. The first-order valence-electron chi connectivity index (χ1n) is 10.0. The molecule has 162 valence electrons. The highest BCUT2D eigenvalue weighted by Crippen LogP contribution is 2.26. The molecule has 2 aromatic heterocycles. The molecule has 4 aromatic rings. The highest BCUT2D eigenvalue weighted by atomic mass is 16.5. The summed E-state index contributed by atoms with van der Waals surface area (Å²) in [6.07, 6.45) is 0. The number of rotatable bonds is 6. The van der Waals surface area contributed by atoms with Crippen LogP contribution in [0.5, 0.6) is 5.75 Å². The maximum Gasteiger partial charge on any atom is 0.339 e.